The second-order valence-corrected chi connectivity index (χ2v) is 7.65. The molecular weight excluding hydrogens is 397 g/mol. The minimum Gasteiger partial charge on any atom is -0.344 e. The highest BCUT2D eigenvalue weighted by Crippen LogP contribution is 2.22. The molecule has 0 aliphatic carbocycles. The molecule has 0 aliphatic rings. The average Bonchev–Trinajstić information content (AvgIpc) is 3.18. The Labute approximate surface area is 178 Å². The van der Waals surface area contributed by atoms with Crippen LogP contribution in [0.3, 0.4) is 0 Å². The lowest BCUT2D eigenvalue weighted by atomic mass is 10.0. The molecule has 0 fully saturated rings. The van der Waals surface area contributed by atoms with Gasteiger partial charge in [-0.1, -0.05) is 26.0 Å². The third-order valence-corrected chi connectivity index (χ3v) is 4.99. The Balaban J connectivity index is 1.54. The molecular formula is C23H22FN5O2. The van der Waals surface area contributed by atoms with Gasteiger partial charge in [-0.25, -0.2) is 14.1 Å². The molecule has 0 saturated carbocycles. The summed E-state index contributed by atoms with van der Waals surface area (Å²) in [5, 5.41) is 7.22. The normalized spacial score (nSPS) is 12.3. The van der Waals surface area contributed by atoms with Crippen LogP contribution in [0.1, 0.15) is 25.7 Å². The summed E-state index contributed by atoms with van der Waals surface area (Å²) in [6, 6.07) is 16.0. The molecule has 158 valence electrons. The number of benzene rings is 2. The number of nitrogens with zero attached hydrogens (tertiary/aromatic N) is 3. The number of aromatic nitrogens is 4. The Hall–Kier alpha value is -3.81. The van der Waals surface area contributed by atoms with Crippen molar-refractivity contribution in [2.24, 2.45) is 5.92 Å². The number of imidazole rings is 1. The molecule has 31 heavy (non-hydrogen) atoms. The van der Waals surface area contributed by atoms with E-state index in [9.17, 15) is 14.0 Å². The second-order valence-electron chi connectivity index (χ2n) is 7.65. The molecule has 2 heterocycles. The van der Waals surface area contributed by atoms with Gasteiger partial charge in [0.1, 0.15) is 18.2 Å². The summed E-state index contributed by atoms with van der Waals surface area (Å²) in [5.74, 6) is 0.0106. The maximum atomic E-state index is 13.2. The lowest BCUT2D eigenvalue weighted by molar-refractivity contribution is -0.123. The van der Waals surface area contributed by atoms with Gasteiger partial charge in [-0.3, -0.25) is 9.59 Å². The zero-order valence-electron chi connectivity index (χ0n) is 17.2. The van der Waals surface area contributed by atoms with Crippen LogP contribution in [-0.2, 0) is 11.3 Å². The predicted octanol–water partition coefficient (Wildman–Crippen LogP) is 3.44. The van der Waals surface area contributed by atoms with Crippen molar-refractivity contribution in [2.45, 2.75) is 26.4 Å². The molecule has 1 amide bonds. The zero-order chi connectivity index (χ0) is 22.0. The number of aromatic amines is 1. The quantitative estimate of drug-likeness (QED) is 0.501. The van der Waals surface area contributed by atoms with Gasteiger partial charge in [-0.2, -0.15) is 5.10 Å². The molecule has 0 radical (unpaired) electrons. The second kappa shape index (κ2) is 8.51. The number of carbonyl (C=O) groups is 1. The molecule has 4 rings (SSSR count). The Morgan fingerprint density at radius 3 is 2.55 bits per heavy atom. The standard InChI is InChI=1S/C23H22FN5O2/c1-14(2)22(23-25-18-5-3-4-6-19(18)26-23)27-20(30)13-29-21(31)12-11-17(28-29)15-7-9-16(24)10-8-15/h3-12,14,22H,13H2,1-2H3,(H,25,26)(H,27,30). The van der Waals surface area contributed by atoms with Gasteiger partial charge in [0.2, 0.25) is 5.91 Å². The van der Waals surface area contributed by atoms with E-state index in [-0.39, 0.29) is 30.2 Å². The number of amides is 1. The largest absolute Gasteiger partial charge is 0.344 e. The first-order valence-electron chi connectivity index (χ1n) is 9.99. The summed E-state index contributed by atoms with van der Waals surface area (Å²) in [7, 11) is 0. The maximum absolute atomic E-state index is 13.2. The van der Waals surface area contributed by atoms with E-state index in [4.69, 9.17) is 0 Å². The molecule has 2 aromatic carbocycles. The van der Waals surface area contributed by atoms with E-state index in [1.807, 2.05) is 38.1 Å². The first-order chi connectivity index (χ1) is 14.9. The van der Waals surface area contributed by atoms with Crippen molar-refractivity contribution in [2.75, 3.05) is 0 Å². The van der Waals surface area contributed by atoms with E-state index in [0.717, 1.165) is 15.7 Å². The number of nitrogens with one attached hydrogen (secondary N) is 2. The predicted molar refractivity (Wildman–Crippen MR) is 116 cm³/mol. The summed E-state index contributed by atoms with van der Waals surface area (Å²) in [6.45, 7) is 3.73. The molecule has 0 saturated heterocycles. The van der Waals surface area contributed by atoms with Crippen molar-refractivity contribution in [3.8, 4) is 11.3 Å². The highest BCUT2D eigenvalue weighted by atomic mass is 19.1. The van der Waals surface area contributed by atoms with Crippen molar-refractivity contribution < 1.29 is 9.18 Å². The SMILES string of the molecule is CC(C)C(NC(=O)Cn1nc(-c2ccc(F)cc2)ccc1=O)c1nc2ccccc2[nH]1. The minimum atomic E-state index is -0.397. The Morgan fingerprint density at radius 1 is 1.10 bits per heavy atom. The van der Waals surface area contributed by atoms with Crippen LogP contribution in [0.4, 0.5) is 4.39 Å². The fourth-order valence-electron chi connectivity index (χ4n) is 3.36. The molecule has 2 N–H and O–H groups in total. The summed E-state index contributed by atoms with van der Waals surface area (Å²) in [6.07, 6.45) is 0. The molecule has 1 unspecified atom stereocenters. The van der Waals surface area contributed by atoms with Crippen LogP contribution in [0.5, 0.6) is 0 Å². The molecule has 7 nitrogen and oxygen atoms in total. The van der Waals surface area contributed by atoms with E-state index in [2.05, 4.69) is 20.4 Å². The Bertz CT molecular complexity index is 1240. The van der Waals surface area contributed by atoms with Crippen molar-refractivity contribution in [3.63, 3.8) is 0 Å². The van der Waals surface area contributed by atoms with Gasteiger partial charge in [-0.05, 0) is 48.4 Å². The van der Waals surface area contributed by atoms with Gasteiger partial charge >= 0.3 is 0 Å². The average molecular weight is 419 g/mol. The molecule has 2 aromatic heterocycles. The number of para-hydroxylation sites is 2. The number of carbonyl (C=O) groups excluding carboxylic acids is 1. The number of H-pyrrole nitrogens is 1. The van der Waals surface area contributed by atoms with Crippen molar-refractivity contribution in [1.82, 2.24) is 25.1 Å². The summed E-state index contributed by atoms with van der Waals surface area (Å²) >= 11 is 0. The van der Waals surface area contributed by atoms with Gasteiger partial charge in [0.15, 0.2) is 0 Å². The van der Waals surface area contributed by atoms with Crippen LogP contribution in [0, 0.1) is 11.7 Å². The van der Waals surface area contributed by atoms with Gasteiger partial charge in [0.05, 0.1) is 22.8 Å². The van der Waals surface area contributed by atoms with Gasteiger partial charge in [0.25, 0.3) is 5.56 Å². The monoisotopic (exact) mass is 419 g/mol. The molecule has 0 aliphatic heterocycles. The van der Waals surface area contributed by atoms with Crippen LogP contribution in [0.15, 0.2) is 65.5 Å². The summed E-state index contributed by atoms with van der Waals surface area (Å²) in [4.78, 5) is 32.8. The first-order valence-corrected chi connectivity index (χ1v) is 9.99. The number of hydrogen-bond acceptors (Lipinski definition) is 4. The molecule has 1 atom stereocenters. The highest BCUT2D eigenvalue weighted by molar-refractivity contribution is 5.77. The molecule has 0 spiro atoms. The van der Waals surface area contributed by atoms with Gasteiger partial charge in [0, 0.05) is 11.6 Å². The van der Waals surface area contributed by atoms with E-state index in [1.54, 1.807) is 18.2 Å². The number of hydrogen-bond donors (Lipinski definition) is 2. The first kappa shape index (κ1) is 20.5. The lowest BCUT2D eigenvalue weighted by Crippen LogP contribution is -2.37. The van der Waals surface area contributed by atoms with Crippen LogP contribution < -0.4 is 10.9 Å². The lowest BCUT2D eigenvalue weighted by Gasteiger charge is -2.20. The number of rotatable bonds is 6. The fourth-order valence-corrected chi connectivity index (χ4v) is 3.36. The highest BCUT2D eigenvalue weighted by Gasteiger charge is 2.22. The number of fused-ring (bicyclic) bond motifs is 1. The van der Waals surface area contributed by atoms with Crippen molar-refractivity contribution >= 4 is 16.9 Å². The van der Waals surface area contributed by atoms with Crippen molar-refractivity contribution in [3.05, 3.63) is 82.7 Å². The third-order valence-electron chi connectivity index (χ3n) is 4.99. The molecule has 4 aromatic rings. The maximum Gasteiger partial charge on any atom is 0.267 e. The van der Waals surface area contributed by atoms with E-state index < -0.39 is 5.56 Å². The molecule has 8 heteroatoms. The molecule has 0 bridgehead atoms. The summed E-state index contributed by atoms with van der Waals surface area (Å²) in [5.41, 5.74) is 2.44. The van der Waals surface area contributed by atoms with E-state index in [1.165, 1.54) is 18.2 Å². The third kappa shape index (κ3) is 4.53. The van der Waals surface area contributed by atoms with Crippen LogP contribution >= 0.6 is 0 Å². The van der Waals surface area contributed by atoms with E-state index in [0.29, 0.717) is 17.1 Å². The topological polar surface area (TPSA) is 92.7 Å². The van der Waals surface area contributed by atoms with Crippen LogP contribution in [-0.4, -0.2) is 25.7 Å². The van der Waals surface area contributed by atoms with Gasteiger partial charge in [-0.15, -0.1) is 0 Å². The van der Waals surface area contributed by atoms with Crippen LogP contribution in [0.25, 0.3) is 22.3 Å². The Kier molecular flexibility index (Phi) is 5.62. The Morgan fingerprint density at radius 2 is 1.84 bits per heavy atom. The zero-order valence-corrected chi connectivity index (χ0v) is 17.2. The van der Waals surface area contributed by atoms with Gasteiger partial charge < -0.3 is 10.3 Å². The fraction of sp³-hybridized carbons (Fsp3) is 0.217. The number of halogens is 1. The van der Waals surface area contributed by atoms with Crippen molar-refractivity contribution in [1.29, 1.82) is 0 Å². The minimum absolute atomic E-state index is 0.0692. The van der Waals surface area contributed by atoms with E-state index >= 15 is 0 Å². The smallest absolute Gasteiger partial charge is 0.267 e. The summed E-state index contributed by atoms with van der Waals surface area (Å²) < 4.78 is 14.3. The van der Waals surface area contributed by atoms with Crippen LogP contribution in [0.2, 0.25) is 0 Å².